The summed E-state index contributed by atoms with van der Waals surface area (Å²) in [5, 5.41) is 3.15. The van der Waals surface area contributed by atoms with Gasteiger partial charge in [0.15, 0.2) is 0 Å². The van der Waals surface area contributed by atoms with Gasteiger partial charge in [-0.1, -0.05) is 36.8 Å². The van der Waals surface area contributed by atoms with Crippen LogP contribution in [0.15, 0.2) is 41.3 Å². The molecule has 1 saturated heterocycles. The maximum Gasteiger partial charge on any atom is 0.246 e. The molecule has 0 spiro atoms. The number of benzene rings is 2. The number of amides is 1. The monoisotopic (exact) mass is 599 g/mol. The number of nitrogens with one attached hydrogen (secondary N) is 1. The lowest BCUT2D eigenvalue weighted by Gasteiger charge is -2.42. The standard InChI is InChI=1S/C33H49N3O5S/c1-24-22-30(40-5)25(2)26(3)33(24)42(38,39)35(4)20-21-41-23-31(37)34-29-16-14-28(15-17-29)32(27-12-8-6-9-13-27)36-18-10-7-11-19-36/h6,8-9,12-13,22,28-29,32H,7,10-11,14-21,23H2,1-5H3,(H,34,37). The zero-order chi connectivity index (χ0) is 30.3. The number of hydrogen-bond donors (Lipinski definition) is 1. The van der Waals surface area contributed by atoms with Crippen LogP contribution in [0.5, 0.6) is 5.75 Å². The molecule has 0 radical (unpaired) electrons. The number of carbonyl (C=O) groups excluding carboxylic acids is 1. The largest absolute Gasteiger partial charge is 0.496 e. The fraction of sp³-hybridized carbons (Fsp3) is 0.606. The molecule has 1 aliphatic heterocycles. The van der Waals surface area contributed by atoms with Crippen molar-refractivity contribution in [3.05, 3.63) is 58.7 Å². The molecule has 1 aliphatic carbocycles. The van der Waals surface area contributed by atoms with Crippen LogP contribution in [-0.4, -0.2) is 76.6 Å². The smallest absolute Gasteiger partial charge is 0.246 e. The molecule has 8 nitrogen and oxygen atoms in total. The van der Waals surface area contributed by atoms with Crippen LogP contribution in [0.4, 0.5) is 0 Å². The number of piperidine rings is 1. The van der Waals surface area contributed by atoms with E-state index in [2.05, 4.69) is 40.5 Å². The molecule has 2 aromatic carbocycles. The Morgan fingerprint density at radius 1 is 1.02 bits per heavy atom. The number of likely N-dealkylation sites (tertiary alicyclic amines) is 1. The fourth-order valence-corrected chi connectivity index (χ4v) is 8.37. The molecule has 42 heavy (non-hydrogen) atoms. The Morgan fingerprint density at radius 3 is 2.33 bits per heavy atom. The minimum absolute atomic E-state index is 0.0755. The Kier molecular flexibility index (Phi) is 11.5. The van der Waals surface area contributed by atoms with E-state index in [-0.39, 0.29) is 31.7 Å². The average Bonchev–Trinajstić information content (AvgIpc) is 2.99. The van der Waals surface area contributed by atoms with Crippen LogP contribution < -0.4 is 10.1 Å². The van der Waals surface area contributed by atoms with Gasteiger partial charge in [0.2, 0.25) is 15.9 Å². The highest BCUT2D eigenvalue weighted by molar-refractivity contribution is 7.89. The van der Waals surface area contributed by atoms with Crippen LogP contribution in [0, 0.1) is 26.7 Å². The van der Waals surface area contributed by atoms with Gasteiger partial charge in [0.05, 0.1) is 18.6 Å². The molecule has 2 aromatic rings. The Bertz CT molecular complexity index is 1290. The fourth-order valence-electron chi connectivity index (χ4n) is 6.74. The molecule has 1 atom stereocenters. The van der Waals surface area contributed by atoms with Gasteiger partial charge in [-0.05, 0) is 107 Å². The van der Waals surface area contributed by atoms with E-state index >= 15 is 0 Å². The Labute approximate surface area is 252 Å². The van der Waals surface area contributed by atoms with Crippen molar-refractivity contribution in [1.29, 1.82) is 0 Å². The van der Waals surface area contributed by atoms with Crippen molar-refractivity contribution in [1.82, 2.24) is 14.5 Å². The predicted molar refractivity (Wildman–Crippen MR) is 166 cm³/mol. The van der Waals surface area contributed by atoms with E-state index in [4.69, 9.17) is 9.47 Å². The molecule has 0 aromatic heterocycles. The van der Waals surface area contributed by atoms with Gasteiger partial charge in [-0.3, -0.25) is 9.69 Å². The summed E-state index contributed by atoms with van der Waals surface area (Å²) in [6, 6.07) is 13.3. The summed E-state index contributed by atoms with van der Waals surface area (Å²) >= 11 is 0. The number of methoxy groups -OCH3 is 1. The highest BCUT2D eigenvalue weighted by atomic mass is 32.2. The van der Waals surface area contributed by atoms with Crippen molar-refractivity contribution in [2.75, 3.05) is 47.0 Å². The SMILES string of the molecule is COc1cc(C)c(S(=O)(=O)N(C)CCOCC(=O)NC2CCC(C(c3ccccc3)N3CCCCC3)CC2)c(C)c1C. The Morgan fingerprint density at radius 2 is 1.69 bits per heavy atom. The van der Waals surface area contributed by atoms with E-state index in [9.17, 15) is 13.2 Å². The lowest BCUT2D eigenvalue weighted by molar-refractivity contribution is -0.126. The van der Waals surface area contributed by atoms with Gasteiger partial charge in [0.1, 0.15) is 12.4 Å². The van der Waals surface area contributed by atoms with Gasteiger partial charge < -0.3 is 14.8 Å². The minimum Gasteiger partial charge on any atom is -0.496 e. The van der Waals surface area contributed by atoms with Gasteiger partial charge in [0.25, 0.3) is 0 Å². The molecule has 1 unspecified atom stereocenters. The molecular formula is C33H49N3O5S. The zero-order valence-corrected chi connectivity index (χ0v) is 26.8. The van der Waals surface area contributed by atoms with Gasteiger partial charge in [-0.2, -0.15) is 4.31 Å². The second-order valence-corrected chi connectivity index (χ2v) is 14.0. The third-order valence-corrected chi connectivity index (χ3v) is 11.3. The number of ether oxygens (including phenoxy) is 2. The van der Waals surface area contributed by atoms with Crippen LogP contribution in [0.3, 0.4) is 0 Å². The molecule has 1 heterocycles. The van der Waals surface area contributed by atoms with Gasteiger partial charge >= 0.3 is 0 Å². The Balaban J connectivity index is 1.23. The maximum atomic E-state index is 13.3. The molecule has 0 bridgehead atoms. The number of aryl methyl sites for hydroxylation is 1. The molecule has 232 valence electrons. The lowest BCUT2D eigenvalue weighted by Crippen LogP contribution is -2.43. The van der Waals surface area contributed by atoms with Crippen LogP contribution >= 0.6 is 0 Å². The van der Waals surface area contributed by atoms with Crippen molar-refractivity contribution < 1.29 is 22.7 Å². The number of sulfonamides is 1. The van der Waals surface area contributed by atoms with Crippen LogP contribution in [0.25, 0.3) is 0 Å². The van der Waals surface area contributed by atoms with E-state index in [1.165, 1.54) is 42.2 Å². The first-order valence-electron chi connectivity index (χ1n) is 15.4. The summed E-state index contributed by atoms with van der Waals surface area (Å²) in [6.45, 7) is 7.99. The lowest BCUT2D eigenvalue weighted by atomic mass is 9.78. The van der Waals surface area contributed by atoms with Crippen molar-refractivity contribution >= 4 is 15.9 Å². The maximum absolute atomic E-state index is 13.3. The quantitative estimate of drug-likeness (QED) is 0.339. The van der Waals surface area contributed by atoms with Crippen molar-refractivity contribution in [2.45, 2.75) is 82.7 Å². The topological polar surface area (TPSA) is 88.2 Å². The molecule has 1 N–H and O–H groups in total. The molecule has 2 fully saturated rings. The van der Waals surface area contributed by atoms with Crippen LogP contribution in [0.2, 0.25) is 0 Å². The van der Waals surface area contributed by atoms with E-state index in [0.717, 1.165) is 31.2 Å². The summed E-state index contributed by atoms with van der Waals surface area (Å²) in [6.07, 6.45) is 7.99. The van der Waals surface area contributed by atoms with Crippen LogP contribution in [-0.2, 0) is 19.6 Å². The third-order valence-electron chi connectivity index (χ3n) is 9.16. The predicted octanol–water partition coefficient (Wildman–Crippen LogP) is 5.16. The first-order valence-corrected chi connectivity index (χ1v) is 16.8. The van der Waals surface area contributed by atoms with E-state index in [0.29, 0.717) is 33.7 Å². The minimum atomic E-state index is -3.72. The number of carbonyl (C=O) groups is 1. The summed E-state index contributed by atoms with van der Waals surface area (Å²) in [4.78, 5) is 15.6. The van der Waals surface area contributed by atoms with Crippen molar-refractivity contribution in [2.24, 2.45) is 5.92 Å². The summed E-state index contributed by atoms with van der Waals surface area (Å²) in [5.41, 5.74) is 3.54. The van der Waals surface area contributed by atoms with Gasteiger partial charge in [-0.25, -0.2) is 8.42 Å². The number of hydrogen-bond acceptors (Lipinski definition) is 6. The van der Waals surface area contributed by atoms with E-state index in [1.807, 2.05) is 6.92 Å². The van der Waals surface area contributed by atoms with E-state index in [1.54, 1.807) is 34.1 Å². The molecular weight excluding hydrogens is 550 g/mol. The first-order chi connectivity index (χ1) is 20.1. The van der Waals surface area contributed by atoms with E-state index < -0.39 is 10.0 Å². The normalized spacial score (nSPS) is 20.8. The molecule has 1 amide bonds. The highest BCUT2D eigenvalue weighted by Gasteiger charge is 2.33. The second-order valence-electron chi connectivity index (χ2n) is 12.0. The number of nitrogens with zero attached hydrogens (tertiary/aromatic N) is 2. The molecule has 9 heteroatoms. The Hall–Kier alpha value is -2.46. The summed E-state index contributed by atoms with van der Waals surface area (Å²) in [5.74, 6) is 1.12. The van der Waals surface area contributed by atoms with Crippen molar-refractivity contribution in [3.8, 4) is 5.75 Å². The summed E-state index contributed by atoms with van der Waals surface area (Å²) in [7, 11) is -0.593. The van der Waals surface area contributed by atoms with Gasteiger partial charge in [-0.15, -0.1) is 0 Å². The van der Waals surface area contributed by atoms with Gasteiger partial charge in [0, 0.05) is 25.7 Å². The average molecular weight is 600 g/mol. The second kappa shape index (κ2) is 14.8. The first kappa shape index (κ1) is 32.5. The zero-order valence-electron chi connectivity index (χ0n) is 26.0. The van der Waals surface area contributed by atoms with Crippen LogP contribution in [0.1, 0.15) is 73.2 Å². The molecule has 4 rings (SSSR count). The summed E-state index contributed by atoms with van der Waals surface area (Å²) < 4.78 is 38.9. The highest BCUT2D eigenvalue weighted by Crippen LogP contribution is 2.39. The number of likely N-dealkylation sites (N-methyl/N-ethyl adjacent to an activating group) is 1. The van der Waals surface area contributed by atoms with Crippen molar-refractivity contribution in [3.63, 3.8) is 0 Å². The number of rotatable bonds is 12. The third kappa shape index (κ3) is 7.73. The molecule has 1 saturated carbocycles. The molecule has 2 aliphatic rings.